The Kier molecular flexibility index (Phi) is 3.45. The lowest BCUT2D eigenvalue weighted by Crippen LogP contribution is -2.15. The van der Waals surface area contributed by atoms with Crippen LogP contribution in [0.4, 0.5) is 0 Å². The molecule has 7 heteroatoms. The molecule has 1 fully saturated rings. The molecule has 0 saturated heterocycles. The quantitative estimate of drug-likeness (QED) is 0.575. The van der Waals surface area contributed by atoms with Crippen LogP contribution in [0.3, 0.4) is 0 Å². The third-order valence-corrected chi connectivity index (χ3v) is 5.19. The molecule has 23 heavy (non-hydrogen) atoms. The molecule has 3 aromatic rings. The van der Waals surface area contributed by atoms with Crippen molar-refractivity contribution in [2.75, 3.05) is 0 Å². The largest absolute Gasteiger partial charge is 0.358 e. The summed E-state index contributed by atoms with van der Waals surface area (Å²) < 4.78 is 1.84. The van der Waals surface area contributed by atoms with Crippen LogP contribution in [0.5, 0.6) is 0 Å². The highest BCUT2D eigenvalue weighted by Crippen LogP contribution is 2.37. The fraction of sp³-hybridized carbons (Fsp3) is 0.375. The van der Waals surface area contributed by atoms with Gasteiger partial charge in [0.25, 0.3) is 0 Å². The van der Waals surface area contributed by atoms with Crippen molar-refractivity contribution >= 4 is 28.4 Å². The third-order valence-electron chi connectivity index (χ3n) is 4.15. The van der Waals surface area contributed by atoms with Crippen LogP contribution in [0.2, 0.25) is 0 Å². The molecule has 118 valence electrons. The average molecular weight is 327 g/mol. The Morgan fingerprint density at radius 2 is 2.17 bits per heavy atom. The van der Waals surface area contributed by atoms with Crippen molar-refractivity contribution < 1.29 is 4.79 Å². The van der Waals surface area contributed by atoms with Crippen LogP contribution in [0.15, 0.2) is 29.4 Å². The van der Waals surface area contributed by atoms with Crippen molar-refractivity contribution in [2.24, 2.45) is 0 Å². The highest BCUT2D eigenvalue weighted by molar-refractivity contribution is 8.00. The second kappa shape index (κ2) is 5.49. The number of Topliss-reactive ketones (excluding diaryl/α,β-unsaturated/α-hetero) is 1. The molecule has 1 aliphatic rings. The van der Waals surface area contributed by atoms with E-state index in [-0.39, 0.29) is 11.0 Å². The van der Waals surface area contributed by atoms with Gasteiger partial charge in [-0.1, -0.05) is 30.0 Å². The molecule has 4 rings (SSSR count). The number of carbonyl (C=O) groups excluding carboxylic acids is 1. The average Bonchev–Trinajstić information content (AvgIpc) is 3.19. The number of nitrogens with one attached hydrogen (secondary N) is 1. The number of fused-ring (bicyclic) bond motifs is 1. The van der Waals surface area contributed by atoms with Crippen LogP contribution in [-0.2, 0) is 0 Å². The van der Waals surface area contributed by atoms with E-state index in [0.29, 0.717) is 6.04 Å². The van der Waals surface area contributed by atoms with Gasteiger partial charge in [-0.3, -0.25) is 4.79 Å². The molecule has 2 aromatic heterocycles. The van der Waals surface area contributed by atoms with E-state index in [1.54, 1.807) is 0 Å². The number of aryl methyl sites for hydroxylation is 1. The summed E-state index contributed by atoms with van der Waals surface area (Å²) in [6.45, 7) is 3.86. The first-order chi connectivity index (χ1) is 11.1. The molecule has 0 radical (unpaired) electrons. The Balaban J connectivity index is 1.62. The van der Waals surface area contributed by atoms with Gasteiger partial charge in [0.1, 0.15) is 0 Å². The predicted octanol–water partition coefficient (Wildman–Crippen LogP) is 3.16. The number of tetrazole rings is 1. The number of ketones is 1. The molecule has 1 aliphatic carbocycles. The molecular formula is C16H17N5OS. The lowest BCUT2D eigenvalue weighted by molar-refractivity contribution is 0.0995. The van der Waals surface area contributed by atoms with E-state index in [2.05, 4.69) is 20.5 Å². The first-order valence-electron chi connectivity index (χ1n) is 7.71. The number of nitrogens with zero attached hydrogens (tertiary/aromatic N) is 4. The molecule has 0 aliphatic heterocycles. The van der Waals surface area contributed by atoms with Gasteiger partial charge < -0.3 is 4.98 Å². The van der Waals surface area contributed by atoms with E-state index in [1.807, 2.05) is 42.8 Å². The number of hydrogen-bond donors (Lipinski definition) is 1. The normalized spacial score (nSPS) is 15.9. The molecule has 6 nitrogen and oxygen atoms in total. The number of benzene rings is 1. The summed E-state index contributed by atoms with van der Waals surface area (Å²) in [6, 6.07) is 8.30. The topological polar surface area (TPSA) is 76.5 Å². The smallest absolute Gasteiger partial charge is 0.210 e. The Morgan fingerprint density at radius 1 is 1.39 bits per heavy atom. The Labute approximate surface area is 137 Å². The number of H-pyrrole nitrogens is 1. The maximum atomic E-state index is 12.9. The number of aromatic amines is 1. The van der Waals surface area contributed by atoms with E-state index in [9.17, 15) is 4.79 Å². The van der Waals surface area contributed by atoms with Crippen LogP contribution < -0.4 is 0 Å². The summed E-state index contributed by atoms with van der Waals surface area (Å²) in [7, 11) is 0. The molecule has 2 heterocycles. The zero-order chi connectivity index (χ0) is 16.0. The summed E-state index contributed by atoms with van der Waals surface area (Å²) in [5, 5.41) is 13.3. The second-order valence-electron chi connectivity index (χ2n) is 5.93. The van der Waals surface area contributed by atoms with Crippen molar-refractivity contribution in [3.05, 3.63) is 35.5 Å². The predicted molar refractivity (Wildman–Crippen MR) is 88.8 cm³/mol. The van der Waals surface area contributed by atoms with Gasteiger partial charge >= 0.3 is 0 Å². The van der Waals surface area contributed by atoms with Gasteiger partial charge in [0.05, 0.1) is 11.3 Å². The third kappa shape index (κ3) is 2.55. The van der Waals surface area contributed by atoms with E-state index < -0.39 is 0 Å². The second-order valence-corrected chi connectivity index (χ2v) is 7.24. The molecule has 0 amide bonds. The SMILES string of the molecule is Cc1[nH]c2ccccc2c1C(=O)C(C)Sc1nnnn1C1CC1. The summed E-state index contributed by atoms with van der Waals surface area (Å²) >= 11 is 1.43. The molecular weight excluding hydrogens is 310 g/mol. The lowest BCUT2D eigenvalue weighted by atomic mass is 10.1. The van der Waals surface area contributed by atoms with E-state index >= 15 is 0 Å². The van der Waals surface area contributed by atoms with Gasteiger partial charge in [0.15, 0.2) is 5.78 Å². The van der Waals surface area contributed by atoms with Crippen LogP contribution in [0.25, 0.3) is 10.9 Å². The van der Waals surface area contributed by atoms with Gasteiger partial charge in [-0.05, 0) is 43.2 Å². The van der Waals surface area contributed by atoms with Crippen molar-refractivity contribution in [3.63, 3.8) is 0 Å². The lowest BCUT2D eigenvalue weighted by Gasteiger charge is -2.10. The summed E-state index contributed by atoms with van der Waals surface area (Å²) in [5.74, 6) is 0.107. The monoisotopic (exact) mass is 327 g/mol. The highest BCUT2D eigenvalue weighted by atomic mass is 32.2. The fourth-order valence-corrected chi connectivity index (χ4v) is 3.74. The summed E-state index contributed by atoms with van der Waals surface area (Å²) in [5.41, 5.74) is 2.67. The van der Waals surface area contributed by atoms with Gasteiger partial charge in [0, 0.05) is 22.2 Å². The minimum atomic E-state index is -0.239. The molecule has 1 saturated carbocycles. The number of hydrogen-bond acceptors (Lipinski definition) is 5. The Morgan fingerprint density at radius 3 is 2.96 bits per heavy atom. The highest BCUT2D eigenvalue weighted by Gasteiger charge is 2.30. The van der Waals surface area contributed by atoms with E-state index in [1.165, 1.54) is 11.8 Å². The molecule has 1 N–H and O–H groups in total. The first-order valence-corrected chi connectivity index (χ1v) is 8.59. The van der Waals surface area contributed by atoms with Crippen molar-refractivity contribution in [1.29, 1.82) is 0 Å². The maximum Gasteiger partial charge on any atom is 0.210 e. The number of aromatic nitrogens is 5. The fourth-order valence-electron chi connectivity index (χ4n) is 2.82. The summed E-state index contributed by atoms with van der Waals surface area (Å²) in [4.78, 5) is 16.2. The van der Waals surface area contributed by atoms with Crippen LogP contribution in [0, 0.1) is 6.92 Å². The number of rotatable bonds is 5. The van der Waals surface area contributed by atoms with Crippen molar-refractivity contribution in [3.8, 4) is 0 Å². The van der Waals surface area contributed by atoms with Crippen molar-refractivity contribution in [2.45, 2.75) is 43.1 Å². The zero-order valence-corrected chi connectivity index (χ0v) is 13.8. The zero-order valence-electron chi connectivity index (χ0n) is 13.0. The molecule has 1 atom stereocenters. The van der Waals surface area contributed by atoms with Gasteiger partial charge in [-0.25, -0.2) is 4.68 Å². The minimum Gasteiger partial charge on any atom is -0.358 e. The Hall–Kier alpha value is -2.15. The molecule has 0 spiro atoms. The minimum absolute atomic E-state index is 0.107. The first kappa shape index (κ1) is 14.4. The van der Waals surface area contributed by atoms with Crippen LogP contribution in [0.1, 0.15) is 41.9 Å². The van der Waals surface area contributed by atoms with Crippen LogP contribution >= 0.6 is 11.8 Å². The van der Waals surface area contributed by atoms with Gasteiger partial charge in [-0.2, -0.15) is 0 Å². The molecule has 1 unspecified atom stereocenters. The Bertz CT molecular complexity index is 880. The van der Waals surface area contributed by atoms with Crippen LogP contribution in [-0.4, -0.2) is 36.2 Å². The van der Waals surface area contributed by atoms with Crippen molar-refractivity contribution in [1.82, 2.24) is 25.2 Å². The molecule has 0 bridgehead atoms. The number of para-hydroxylation sites is 1. The molecule has 1 aromatic carbocycles. The number of thioether (sulfide) groups is 1. The van der Waals surface area contributed by atoms with E-state index in [0.717, 1.165) is 40.2 Å². The van der Waals surface area contributed by atoms with E-state index in [4.69, 9.17) is 0 Å². The van der Waals surface area contributed by atoms with Gasteiger partial charge in [-0.15, -0.1) is 5.10 Å². The maximum absolute atomic E-state index is 12.9. The summed E-state index contributed by atoms with van der Waals surface area (Å²) in [6.07, 6.45) is 2.23. The standard InChI is InChI=1S/C16H17N5OS/c1-9-14(12-5-3-4-6-13(12)17-9)15(22)10(2)23-16-18-19-20-21(16)11-7-8-11/h3-6,10-11,17H,7-8H2,1-2H3. The number of carbonyl (C=O) groups is 1. The van der Waals surface area contributed by atoms with Gasteiger partial charge in [0.2, 0.25) is 5.16 Å².